The van der Waals surface area contributed by atoms with E-state index < -0.39 is 0 Å². The van der Waals surface area contributed by atoms with Crippen molar-refractivity contribution < 1.29 is 0 Å². The zero-order valence-electron chi connectivity index (χ0n) is 29.4. The minimum atomic E-state index is 1.12. The third-order valence-corrected chi connectivity index (χ3v) is 12.2. The van der Waals surface area contributed by atoms with Crippen LogP contribution in [0.3, 0.4) is 0 Å². The Bertz CT molecular complexity index is 3210. The van der Waals surface area contributed by atoms with Gasteiger partial charge >= 0.3 is 0 Å². The van der Waals surface area contributed by atoms with Gasteiger partial charge in [0.05, 0.1) is 16.1 Å². The van der Waals surface area contributed by atoms with Gasteiger partial charge in [0.25, 0.3) is 0 Å². The monoisotopic (exact) mass is 703 g/mol. The second-order valence-electron chi connectivity index (χ2n) is 14.1. The van der Waals surface area contributed by atoms with Crippen molar-refractivity contribution in [1.29, 1.82) is 0 Å². The van der Waals surface area contributed by atoms with Gasteiger partial charge in [0.15, 0.2) is 0 Å². The SMILES string of the molecule is c1ccc(-c2ccc(N(c3ccc(-c4cc5ccccc5c5ccccc45)c4ccccc34)c3cccc4c3sc3cc5ccccc5cc34)cc2)cc1. The van der Waals surface area contributed by atoms with Crippen LogP contribution in [0.25, 0.3) is 85.5 Å². The lowest BCUT2D eigenvalue weighted by atomic mass is 9.90. The summed E-state index contributed by atoms with van der Waals surface area (Å²) in [5.41, 5.74) is 8.37. The lowest BCUT2D eigenvalue weighted by molar-refractivity contribution is 1.32. The molecule has 0 N–H and O–H groups in total. The zero-order chi connectivity index (χ0) is 35.6. The molecule has 0 saturated heterocycles. The molecule has 0 amide bonds. The second-order valence-corrected chi connectivity index (χ2v) is 15.1. The number of anilines is 3. The summed E-state index contributed by atoms with van der Waals surface area (Å²) in [4.78, 5) is 2.48. The molecule has 10 aromatic carbocycles. The summed E-state index contributed by atoms with van der Waals surface area (Å²) < 4.78 is 2.59. The topological polar surface area (TPSA) is 3.24 Å². The Balaban J connectivity index is 1.17. The summed E-state index contributed by atoms with van der Waals surface area (Å²) in [7, 11) is 0. The molecule has 0 bridgehead atoms. The normalized spacial score (nSPS) is 11.7. The van der Waals surface area contributed by atoms with Gasteiger partial charge in [0.1, 0.15) is 0 Å². The Morgan fingerprint density at radius 1 is 0.315 bits per heavy atom. The van der Waals surface area contributed by atoms with Crippen LogP contribution in [0.5, 0.6) is 0 Å². The van der Waals surface area contributed by atoms with E-state index >= 15 is 0 Å². The number of thiophene rings is 1. The quantitative estimate of drug-likeness (QED) is 0.161. The van der Waals surface area contributed by atoms with Crippen LogP contribution >= 0.6 is 11.3 Å². The van der Waals surface area contributed by atoms with Gasteiger partial charge in [-0.25, -0.2) is 0 Å². The van der Waals surface area contributed by atoms with Gasteiger partial charge in [0.2, 0.25) is 0 Å². The van der Waals surface area contributed by atoms with Crippen LogP contribution in [-0.2, 0) is 0 Å². The minimum absolute atomic E-state index is 1.12. The Kier molecular flexibility index (Phi) is 7.11. The summed E-state index contributed by atoms with van der Waals surface area (Å²) in [6, 6.07) is 73.5. The molecule has 0 aliphatic rings. The lowest BCUT2D eigenvalue weighted by Crippen LogP contribution is -2.11. The van der Waals surface area contributed by atoms with Gasteiger partial charge < -0.3 is 4.90 Å². The maximum absolute atomic E-state index is 2.48. The van der Waals surface area contributed by atoms with E-state index in [0.29, 0.717) is 0 Å². The summed E-state index contributed by atoms with van der Waals surface area (Å²) in [6.07, 6.45) is 0. The molecule has 0 spiro atoms. The summed E-state index contributed by atoms with van der Waals surface area (Å²) >= 11 is 1.89. The van der Waals surface area contributed by atoms with Gasteiger partial charge in [-0.05, 0) is 102 Å². The molecular weight excluding hydrogens is 671 g/mol. The van der Waals surface area contributed by atoms with Gasteiger partial charge in [-0.1, -0.05) is 158 Å². The smallest absolute Gasteiger partial charge is 0.0640 e. The Labute approximate surface area is 317 Å². The molecule has 11 aromatic rings. The molecule has 1 nitrogen and oxygen atoms in total. The van der Waals surface area contributed by atoms with Crippen molar-refractivity contribution in [3.8, 4) is 22.3 Å². The van der Waals surface area contributed by atoms with Gasteiger partial charge in [0, 0.05) is 26.5 Å². The molecule has 0 atom stereocenters. The molecule has 11 rings (SSSR count). The van der Waals surface area contributed by atoms with Crippen LogP contribution in [-0.4, -0.2) is 0 Å². The predicted molar refractivity (Wildman–Crippen MR) is 235 cm³/mol. The first-order chi connectivity index (χ1) is 26.8. The van der Waals surface area contributed by atoms with Crippen LogP contribution in [0.4, 0.5) is 17.1 Å². The zero-order valence-corrected chi connectivity index (χ0v) is 30.2. The van der Waals surface area contributed by atoms with Crippen molar-refractivity contribution >= 4 is 91.7 Å². The van der Waals surface area contributed by atoms with Crippen LogP contribution in [0.1, 0.15) is 0 Å². The lowest BCUT2D eigenvalue weighted by Gasteiger charge is -2.28. The number of hydrogen-bond donors (Lipinski definition) is 0. The highest BCUT2D eigenvalue weighted by atomic mass is 32.1. The van der Waals surface area contributed by atoms with E-state index in [-0.39, 0.29) is 0 Å². The fraction of sp³-hybridized carbons (Fsp3) is 0. The number of nitrogens with zero attached hydrogens (tertiary/aromatic N) is 1. The van der Waals surface area contributed by atoms with E-state index in [1.54, 1.807) is 0 Å². The maximum Gasteiger partial charge on any atom is 0.0640 e. The van der Waals surface area contributed by atoms with Gasteiger partial charge in [-0.3, -0.25) is 0 Å². The minimum Gasteiger partial charge on any atom is -0.308 e. The molecule has 0 aliphatic carbocycles. The van der Waals surface area contributed by atoms with E-state index in [9.17, 15) is 0 Å². The first kappa shape index (κ1) is 30.8. The van der Waals surface area contributed by atoms with Crippen LogP contribution in [0.2, 0.25) is 0 Å². The van der Waals surface area contributed by atoms with Crippen LogP contribution in [0, 0.1) is 0 Å². The molecule has 2 heteroatoms. The van der Waals surface area contributed by atoms with Crippen molar-refractivity contribution in [2.75, 3.05) is 4.90 Å². The molecule has 252 valence electrons. The van der Waals surface area contributed by atoms with Crippen LogP contribution < -0.4 is 4.90 Å². The van der Waals surface area contributed by atoms with E-state index in [1.165, 1.54) is 91.2 Å². The molecule has 0 radical (unpaired) electrons. The number of rotatable bonds is 5. The Hall–Kier alpha value is -6.74. The molecule has 0 unspecified atom stereocenters. The number of hydrogen-bond acceptors (Lipinski definition) is 2. The average molecular weight is 704 g/mol. The van der Waals surface area contributed by atoms with Crippen LogP contribution in [0.15, 0.2) is 200 Å². The summed E-state index contributed by atoms with van der Waals surface area (Å²) in [6.45, 7) is 0. The third kappa shape index (κ3) is 4.92. The first-order valence-corrected chi connectivity index (χ1v) is 19.3. The fourth-order valence-corrected chi connectivity index (χ4v) is 9.71. The highest BCUT2D eigenvalue weighted by Gasteiger charge is 2.22. The molecule has 0 aliphatic heterocycles. The highest BCUT2D eigenvalue weighted by Crippen LogP contribution is 2.49. The third-order valence-electron chi connectivity index (χ3n) is 11.0. The fourth-order valence-electron chi connectivity index (χ4n) is 8.48. The molecule has 1 heterocycles. The largest absolute Gasteiger partial charge is 0.308 e. The Morgan fingerprint density at radius 2 is 0.907 bits per heavy atom. The molecular formula is C52H33NS. The van der Waals surface area contributed by atoms with Crippen molar-refractivity contribution in [2.45, 2.75) is 0 Å². The van der Waals surface area contributed by atoms with Gasteiger partial charge in [-0.2, -0.15) is 0 Å². The average Bonchev–Trinajstić information content (AvgIpc) is 3.61. The van der Waals surface area contributed by atoms with Crippen molar-refractivity contribution in [2.24, 2.45) is 0 Å². The number of benzene rings is 10. The maximum atomic E-state index is 2.48. The molecule has 54 heavy (non-hydrogen) atoms. The molecule has 0 fully saturated rings. The van der Waals surface area contributed by atoms with Crippen molar-refractivity contribution in [1.82, 2.24) is 0 Å². The summed E-state index contributed by atoms with van der Waals surface area (Å²) in [5.74, 6) is 0. The second kappa shape index (κ2) is 12.4. The van der Waals surface area contributed by atoms with E-state index in [2.05, 4.69) is 205 Å². The van der Waals surface area contributed by atoms with Crippen molar-refractivity contribution in [3.63, 3.8) is 0 Å². The van der Waals surface area contributed by atoms with E-state index in [0.717, 1.165) is 11.4 Å². The van der Waals surface area contributed by atoms with Gasteiger partial charge in [-0.15, -0.1) is 11.3 Å². The summed E-state index contributed by atoms with van der Waals surface area (Å²) in [5, 5.41) is 12.7. The molecule has 1 aromatic heterocycles. The van der Waals surface area contributed by atoms with E-state index in [4.69, 9.17) is 0 Å². The predicted octanol–water partition coefficient (Wildman–Crippen LogP) is 15.5. The van der Waals surface area contributed by atoms with E-state index in [1.807, 2.05) is 11.3 Å². The number of fused-ring (bicyclic) bond motifs is 8. The highest BCUT2D eigenvalue weighted by molar-refractivity contribution is 7.26. The molecule has 0 saturated carbocycles. The standard InChI is InChI=1S/C52H33NS/c1-2-13-34(14-3-1)35-25-27-39(28-26-35)53(50-24-12-23-46-48-31-36-15-4-5-16-37(36)33-51(48)54-52(46)50)49-30-29-44(42-20-10-11-22-45(42)49)47-32-38-17-6-7-18-40(38)41-19-8-9-21-43(41)47/h1-33H. The van der Waals surface area contributed by atoms with Crippen molar-refractivity contribution in [3.05, 3.63) is 200 Å². The first-order valence-electron chi connectivity index (χ1n) is 18.5. The Morgan fingerprint density at radius 3 is 1.69 bits per heavy atom.